The first-order chi connectivity index (χ1) is 7.99. The standard InChI is InChI=1S/C12H18N4O/c1-7-3-8(7)6-16(2)11-4-9(12(14)17)10(13)5-15-11/h4-5,7-8H,3,6,13H2,1-2H3,(H2,14,17). The Morgan fingerprint density at radius 2 is 2.29 bits per heavy atom. The van der Waals surface area contributed by atoms with Gasteiger partial charge in [0.25, 0.3) is 5.91 Å². The van der Waals surface area contributed by atoms with E-state index in [0.29, 0.717) is 11.3 Å². The van der Waals surface area contributed by atoms with Gasteiger partial charge < -0.3 is 16.4 Å². The zero-order chi connectivity index (χ0) is 12.6. The van der Waals surface area contributed by atoms with E-state index in [1.807, 2.05) is 11.9 Å². The van der Waals surface area contributed by atoms with Crippen LogP contribution in [0.15, 0.2) is 12.3 Å². The summed E-state index contributed by atoms with van der Waals surface area (Å²) < 4.78 is 0. The first-order valence-corrected chi connectivity index (χ1v) is 5.75. The number of carbonyl (C=O) groups is 1. The van der Waals surface area contributed by atoms with Gasteiger partial charge in [-0.15, -0.1) is 0 Å². The molecule has 0 radical (unpaired) electrons. The summed E-state index contributed by atoms with van der Waals surface area (Å²) in [4.78, 5) is 17.4. The van der Waals surface area contributed by atoms with Gasteiger partial charge in [-0.25, -0.2) is 4.98 Å². The van der Waals surface area contributed by atoms with Crippen LogP contribution in [0.5, 0.6) is 0 Å². The summed E-state index contributed by atoms with van der Waals surface area (Å²) in [5.41, 5.74) is 11.6. The van der Waals surface area contributed by atoms with Gasteiger partial charge in [0.05, 0.1) is 17.4 Å². The molecule has 1 aromatic rings. The molecule has 4 N–H and O–H groups in total. The van der Waals surface area contributed by atoms with Crippen LogP contribution in [0.2, 0.25) is 0 Å². The third kappa shape index (κ3) is 2.49. The number of amides is 1. The minimum atomic E-state index is -0.515. The van der Waals surface area contributed by atoms with E-state index in [2.05, 4.69) is 11.9 Å². The van der Waals surface area contributed by atoms with Crippen LogP contribution in [-0.4, -0.2) is 24.5 Å². The van der Waals surface area contributed by atoms with Crippen LogP contribution >= 0.6 is 0 Å². The molecular weight excluding hydrogens is 216 g/mol. The van der Waals surface area contributed by atoms with Gasteiger partial charge in [-0.2, -0.15) is 0 Å². The quantitative estimate of drug-likeness (QED) is 0.809. The molecule has 1 amide bonds. The third-order valence-corrected chi connectivity index (χ3v) is 3.36. The van der Waals surface area contributed by atoms with Crippen molar-refractivity contribution >= 4 is 17.4 Å². The van der Waals surface area contributed by atoms with Crippen LogP contribution < -0.4 is 16.4 Å². The maximum atomic E-state index is 11.2. The first-order valence-electron chi connectivity index (χ1n) is 5.75. The Hall–Kier alpha value is -1.78. The lowest BCUT2D eigenvalue weighted by Gasteiger charge is -2.18. The van der Waals surface area contributed by atoms with Crippen LogP contribution in [0, 0.1) is 11.8 Å². The summed E-state index contributed by atoms with van der Waals surface area (Å²) in [6.45, 7) is 3.19. The fourth-order valence-corrected chi connectivity index (χ4v) is 1.98. The van der Waals surface area contributed by atoms with Gasteiger partial charge in [-0.05, 0) is 24.3 Å². The topological polar surface area (TPSA) is 85.2 Å². The summed E-state index contributed by atoms with van der Waals surface area (Å²) in [7, 11) is 1.97. The van der Waals surface area contributed by atoms with E-state index < -0.39 is 5.91 Å². The van der Waals surface area contributed by atoms with E-state index in [1.165, 1.54) is 12.6 Å². The Labute approximate surface area is 101 Å². The van der Waals surface area contributed by atoms with E-state index in [4.69, 9.17) is 11.5 Å². The number of aromatic nitrogens is 1. The molecule has 0 aromatic carbocycles. The lowest BCUT2D eigenvalue weighted by atomic mass is 10.2. The highest BCUT2D eigenvalue weighted by molar-refractivity contribution is 5.98. The number of hydrogen-bond donors (Lipinski definition) is 2. The van der Waals surface area contributed by atoms with Crippen LogP contribution in [-0.2, 0) is 0 Å². The average Bonchev–Trinajstić information content (AvgIpc) is 2.94. The number of primary amides is 1. The molecule has 17 heavy (non-hydrogen) atoms. The Morgan fingerprint density at radius 3 is 2.82 bits per heavy atom. The number of nitrogen functional groups attached to an aromatic ring is 1. The summed E-state index contributed by atoms with van der Waals surface area (Å²) >= 11 is 0. The van der Waals surface area contributed by atoms with E-state index in [0.717, 1.165) is 24.2 Å². The second kappa shape index (κ2) is 4.24. The van der Waals surface area contributed by atoms with Crippen molar-refractivity contribution < 1.29 is 4.79 Å². The van der Waals surface area contributed by atoms with Crippen molar-refractivity contribution in [2.45, 2.75) is 13.3 Å². The van der Waals surface area contributed by atoms with E-state index in [1.54, 1.807) is 6.07 Å². The van der Waals surface area contributed by atoms with Gasteiger partial charge in [0.1, 0.15) is 5.82 Å². The molecule has 1 heterocycles. The van der Waals surface area contributed by atoms with Crippen LogP contribution in [0.25, 0.3) is 0 Å². The van der Waals surface area contributed by atoms with E-state index in [9.17, 15) is 4.79 Å². The molecule has 1 aliphatic rings. The van der Waals surface area contributed by atoms with Gasteiger partial charge in [0.15, 0.2) is 0 Å². The first kappa shape index (κ1) is 11.7. The molecule has 2 rings (SSSR count). The molecule has 1 fully saturated rings. The summed E-state index contributed by atoms with van der Waals surface area (Å²) in [6.07, 6.45) is 2.75. The fourth-order valence-electron chi connectivity index (χ4n) is 1.98. The number of nitrogens with zero attached hydrogens (tertiary/aromatic N) is 2. The smallest absolute Gasteiger partial charge is 0.250 e. The number of rotatable bonds is 4. The van der Waals surface area contributed by atoms with Crippen molar-refractivity contribution in [3.05, 3.63) is 17.8 Å². The molecule has 0 bridgehead atoms. The minimum absolute atomic E-state index is 0.328. The molecule has 2 atom stereocenters. The molecule has 0 aliphatic heterocycles. The van der Waals surface area contributed by atoms with Gasteiger partial charge >= 0.3 is 0 Å². The molecule has 1 aromatic heterocycles. The normalized spacial score (nSPS) is 22.2. The van der Waals surface area contributed by atoms with Crippen molar-refractivity contribution in [3.8, 4) is 0 Å². The van der Waals surface area contributed by atoms with Gasteiger partial charge in [-0.1, -0.05) is 6.92 Å². The van der Waals surface area contributed by atoms with Crippen molar-refractivity contribution in [1.82, 2.24) is 4.98 Å². The molecule has 92 valence electrons. The SMILES string of the molecule is CC1CC1CN(C)c1cc(C(N)=O)c(N)cn1. The highest BCUT2D eigenvalue weighted by atomic mass is 16.1. The van der Waals surface area contributed by atoms with Gasteiger partial charge in [0.2, 0.25) is 0 Å². The predicted molar refractivity (Wildman–Crippen MR) is 67.7 cm³/mol. The summed E-state index contributed by atoms with van der Waals surface area (Å²) in [5.74, 6) is 1.75. The number of nitrogens with two attached hydrogens (primary N) is 2. The number of anilines is 2. The van der Waals surface area contributed by atoms with Crippen LogP contribution in [0.4, 0.5) is 11.5 Å². The van der Waals surface area contributed by atoms with Crippen molar-refractivity contribution in [3.63, 3.8) is 0 Å². The van der Waals surface area contributed by atoms with Crippen LogP contribution in [0.1, 0.15) is 23.7 Å². The Bertz CT molecular complexity index is 446. The lowest BCUT2D eigenvalue weighted by Crippen LogP contribution is -2.23. The summed E-state index contributed by atoms with van der Waals surface area (Å²) in [5, 5.41) is 0. The molecule has 0 spiro atoms. The monoisotopic (exact) mass is 234 g/mol. The lowest BCUT2D eigenvalue weighted by molar-refractivity contribution is 0.100. The van der Waals surface area contributed by atoms with Crippen molar-refractivity contribution in [1.29, 1.82) is 0 Å². The second-order valence-corrected chi connectivity index (χ2v) is 4.85. The molecule has 1 aliphatic carbocycles. The van der Waals surface area contributed by atoms with E-state index >= 15 is 0 Å². The zero-order valence-corrected chi connectivity index (χ0v) is 10.2. The van der Waals surface area contributed by atoms with Gasteiger partial charge in [0, 0.05) is 13.6 Å². The molecule has 2 unspecified atom stereocenters. The summed E-state index contributed by atoms with van der Waals surface area (Å²) in [6, 6.07) is 1.66. The fraction of sp³-hybridized carbons (Fsp3) is 0.500. The highest BCUT2D eigenvalue weighted by Gasteiger charge is 2.33. The van der Waals surface area contributed by atoms with E-state index in [-0.39, 0.29) is 0 Å². The predicted octanol–water partition coefficient (Wildman–Crippen LogP) is 0.855. The molecule has 5 heteroatoms. The van der Waals surface area contributed by atoms with Crippen LogP contribution in [0.3, 0.4) is 0 Å². The van der Waals surface area contributed by atoms with Gasteiger partial charge in [-0.3, -0.25) is 4.79 Å². The number of hydrogen-bond acceptors (Lipinski definition) is 4. The Morgan fingerprint density at radius 1 is 1.65 bits per heavy atom. The number of carbonyl (C=O) groups excluding carboxylic acids is 1. The Balaban J connectivity index is 2.14. The molecule has 5 nitrogen and oxygen atoms in total. The zero-order valence-electron chi connectivity index (χ0n) is 10.2. The maximum absolute atomic E-state index is 11.2. The molecule has 0 saturated heterocycles. The third-order valence-electron chi connectivity index (χ3n) is 3.36. The highest BCUT2D eigenvalue weighted by Crippen LogP contribution is 2.38. The number of pyridine rings is 1. The minimum Gasteiger partial charge on any atom is -0.397 e. The largest absolute Gasteiger partial charge is 0.397 e. The van der Waals surface area contributed by atoms with Crippen molar-refractivity contribution in [2.75, 3.05) is 24.2 Å². The maximum Gasteiger partial charge on any atom is 0.250 e. The van der Waals surface area contributed by atoms with Crippen molar-refractivity contribution in [2.24, 2.45) is 17.6 Å². The average molecular weight is 234 g/mol. The molecular formula is C12H18N4O. The molecule has 1 saturated carbocycles. The second-order valence-electron chi connectivity index (χ2n) is 4.85. The Kier molecular flexibility index (Phi) is 2.92.